The lowest BCUT2D eigenvalue weighted by molar-refractivity contribution is -0.228. The lowest BCUT2D eigenvalue weighted by Crippen LogP contribution is -2.51. The highest BCUT2D eigenvalue weighted by Gasteiger charge is 2.66. The Morgan fingerprint density at radius 3 is 2.22 bits per heavy atom. The zero-order valence-electron chi connectivity index (χ0n) is 24.3. The van der Waals surface area contributed by atoms with Gasteiger partial charge in [0.1, 0.15) is 24.3 Å². The molecule has 4 atom stereocenters. The number of fused-ring (bicyclic) bond motifs is 1. The molecular formula is C33H28FN5O7. The van der Waals surface area contributed by atoms with Crippen LogP contribution in [0.4, 0.5) is 15.0 Å². The number of ether oxygens (including phenoxy) is 3. The average Bonchev–Trinajstić information content (AvgIpc) is 3.60. The minimum atomic E-state index is -3.07. The number of carboxylic acid groups (broad SMARTS) is 1. The van der Waals surface area contributed by atoms with E-state index in [0.29, 0.717) is 22.4 Å². The summed E-state index contributed by atoms with van der Waals surface area (Å²) < 4.78 is 35.8. The second-order valence-electron chi connectivity index (χ2n) is 10.5. The molecule has 234 valence electrons. The number of alkyl halides is 1. The predicted octanol–water partition coefficient (Wildman–Crippen LogP) is 3.85. The summed E-state index contributed by atoms with van der Waals surface area (Å²) in [5.74, 6) is -0.571. The monoisotopic (exact) mass is 625 g/mol. The van der Waals surface area contributed by atoms with Gasteiger partial charge in [0.05, 0.1) is 13.4 Å². The molecule has 2 aromatic heterocycles. The molecule has 0 spiro atoms. The molecule has 12 nitrogen and oxygen atoms in total. The van der Waals surface area contributed by atoms with Crippen molar-refractivity contribution < 1.29 is 38.7 Å². The fourth-order valence-electron chi connectivity index (χ4n) is 5.68. The SMILES string of the molecule is C#C[C@]1(O)[C@H](n2cnc3c(NC(=O)O)ncnc32)O[C@](F)(COC(c2ccccc2)(c2ccccc2)c2ccc(OC)cc2)[C@H]1O. The van der Waals surface area contributed by atoms with Crippen molar-refractivity contribution in [2.24, 2.45) is 0 Å². The first-order chi connectivity index (χ1) is 22.2. The first-order valence-electron chi connectivity index (χ1n) is 14.0. The smallest absolute Gasteiger partial charge is 0.410 e. The van der Waals surface area contributed by atoms with Crippen LogP contribution in [-0.4, -0.2) is 72.2 Å². The van der Waals surface area contributed by atoms with E-state index in [4.69, 9.17) is 25.7 Å². The Labute approximate surface area is 262 Å². The number of benzene rings is 3. The van der Waals surface area contributed by atoms with Crippen LogP contribution in [0.15, 0.2) is 97.6 Å². The summed E-state index contributed by atoms with van der Waals surface area (Å²) in [5.41, 5.74) is -2.25. The van der Waals surface area contributed by atoms with Crippen LogP contribution in [0.5, 0.6) is 5.75 Å². The summed E-state index contributed by atoms with van der Waals surface area (Å²) >= 11 is 0. The highest BCUT2D eigenvalue weighted by molar-refractivity contribution is 5.92. The maximum absolute atomic E-state index is 17.0. The molecule has 1 aliphatic heterocycles. The molecule has 0 radical (unpaired) electrons. The molecule has 3 aromatic carbocycles. The number of anilines is 1. The van der Waals surface area contributed by atoms with Gasteiger partial charge in [-0.2, -0.15) is 0 Å². The van der Waals surface area contributed by atoms with Gasteiger partial charge in [-0.25, -0.2) is 24.1 Å². The van der Waals surface area contributed by atoms with Gasteiger partial charge in [-0.05, 0) is 28.8 Å². The van der Waals surface area contributed by atoms with Gasteiger partial charge in [-0.15, -0.1) is 6.42 Å². The second kappa shape index (κ2) is 11.8. The Bertz CT molecular complexity index is 1860. The molecule has 3 heterocycles. The molecule has 5 aromatic rings. The first kappa shape index (κ1) is 30.6. The van der Waals surface area contributed by atoms with Crippen LogP contribution < -0.4 is 10.1 Å². The molecule has 0 saturated carbocycles. The summed E-state index contributed by atoms with van der Waals surface area (Å²) in [6.07, 6.45) is 2.37. The number of aromatic nitrogens is 4. The van der Waals surface area contributed by atoms with E-state index in [1.807, 2.05) is 60.7 Å². The van der Waals surface area contributed by atoms with Crippen molar-refractivity contribution in [1.29, 1.82) is 0 Å². The summed E-state index contributed by atoms with van der Waals surface area (Å²) in [6, 6.07) is 25.3. The van der Waals surface area contributed by atoms with Crippen LogP contribution >= 0.6 is 0 Å². The Morgan fingerprint density at radius 2 is 1.65 bits per heavy atom. The summed E-state index contributed by atoms with van der Waals surface area (Å²) in [6.45, 7) is -0.905. The van der Waals surface area contributed by atoms with E-state index in [0.717, 1.165) is 17.2 Å². The number of imidazole rings is 1. The van der Waals surface area contributed by atoms with Crippen molar-refractivity contribution >= 4 is 23.1 Å². The Hall–Kier alpha value is -5.39. The molecule has 1 saturated heterocycles. The number of nitrogens with one attached hydrogen (secondary N) is 1. The Kier molecular flexibility index (Phi) is 7.89. The van der Waals surface area contributed by atoms with Crippen molar-refractivity contribution in [3.05, 3.63) is 114 Å². The van der Waals surface area contributed by atoms with Crippen molar-refractivity contribution in [2.45, 2.75) is 29.4 Å². The number of terminal acetylenes is 1. The van der Waals surface area contributed by atoms with Gasteiger partial charge in [0.2, 0.25) is 5.60 Å². The molecule has 1 amide bonds. The van der Waals surface area contributed by atoms with Gasteiger partial charge in [-0.1, -0.05) is 78.7 Å². The summed E-state index contributed by atoms with van der Waals surface area (Å²) in [5, 5.41) is 34.1. The van der Waals surface area contributed by atoms with Gasteiger partial charge < -0.3 is 29.5 Å². The lowest BCUT2D eigenvalue weighted by atomic mass is 9.80. The number of carbonyl (C=O) groups is 1. The van der Waals surface area contributed by atoms with Gasteiger partial charge in [0, 0.05) is 0 Å². The highest BCUT2D eigenvalue weighted by atomic mass is 19.2. The number of hydrogen-bond donors (Lipinski definition) is 4. The predicted molar refractivity (Wildman–Crippen MR) is 162 cm³/mol. The molecule has 1 aliphatic rings. The number of amides is 1. The number of methoxy groups -OCH3 is 1. The van der Waals surface area contributed by atoms with Gasteiger partial charge in [0.25, 0.3) is 5.85 Å². The van der Waals surface area contributed by atoms with Crippen LogP contribution in [0.1, 0.15) is 22.9 Å². The third-order valence-corrected chi connectivity index (χ3v) is 7.92. The molecule has 6 rings (SSSR count). The van der Waals surface area contributed by atoms with E-state index in [2.05, 4.69) is 26.2 Å². The lowest BCUT2D eigenvalue weighted by Gasteiger charge is -2.38. The standard InChI is InChI=1S/C33H28FN5O7/c1-3-31(43)28(40)32(34,46-29(31)39-20-37-25-26(38-30(41)42)35-19-36-27(25)39)18-45-33(21-10-6-4-7-11-21,22-12-8-5-9-13-22)23-14-16-24(44-2)17-15-23/h1,4-17,19-20,28-29,40,43H,18H2,2H3,(H,41,42)(H,35,36,38)/t28-,29+,31+,32+/m0/s1. The minimum Gasteiger partial charge on any atom is -0.497 e. The van der Waals surface area contributed by atoms with E-state index >= 15 is 4.39 Å². The second-order valence-corrected chi connectivity index (χ2v) is 10.5. The zero-order valence-corrected chi connectivity index (χ0v) is 24.3. The van der Waals surface area contributed by atoms with Crippen molar-refractivity contribution in [3.8, 4) is 18.1 Å². The molecule has 46 heavy (non-hydrogen) atoms. The number of hydrogen-bond acceptors (Lipinski definition) is 9. The summed E-state index contributed by atoms with van der Waals surface area (Å²) in [4.78, 5) is 23.3. The normalized spacial score (nSPS) is 22.8. The van der Waals surface area contributed by atoms with Gasteiger partial charge >= 0.3 is 6.09 Å². The van der Waals surface area contributed by atoms with Crippen LogP contribution in [-0.2, 0) is 15.1 Å². The fourth-order valence-corrected chi connectivity index (χ4v) is 5.68. The molecule has 0 aliphatic carbocycles. The first-order valence-corrected chi connectivity index (χ1v) is 14.0. The zero-order chi connectivity index (χ0) is 32.5. The average molecular weight is 626 g/mol. The third-order valence-electron chi connectivity index (χ3n) is 7.92. The number of aliphatic hydroxyl groups is 2. The van der Waals surface area contributed by atoms with Crippen molar-refractivity contribution in [3.63, 3.8) is 0 Å². The molecule has 4 N–H and O–H groups in total. The van der Waals surface area contributed by atoms with E-state index in [1.54, 1.807) is 31.4 Å². The number of aliphatic hydroxyl groups excluding tert-OH is 1. The quantitative estimate of drug-likeness (QED) is 0.140. The van der Waals surface area contributed by atoms with Crippen LogP contribution in [0.25, 0.3) is 11.2 Å². The molecule has 0 bridgehead atoms. The van der Waals surface area contributed by atoms with E-state index in [1.165, 1.54) is 0 Å². The van der Waals surface area contributed by atoms with Gasteiger partial charge in [-0.3, -0.25) is 9.88 Å². The highest BCUT2D eigenvalue weighted by Crippen LogP contribution is 2.49. The third kappa shape index (κ3) is 4.99. The fraction of sp³-hybridized carbons (Fsp3) is 0.212. The minimum absolute atomic E-state index is 0.0263. The molecule has 0 unspecified atom stereocenters. The van der Waals surface area contributed by atoms with E-state index < -0.39 is 42.1 Å². The van der Waals surface area contributed by atoms with E-state index in [-0.39, 0.29) is 17.0 Å². The van der Waals surface area contributed by atoms with Crippen LogP contribution in [0.2, 0.25) is 0 Å². The largest absolute Gasteiger partial charge is 0.497 e. The van der Waals surface area contributed by atoms with Crippen LogP contribution in [0, 0.1) is 12.3 Å². The maximum atomic E-state index is 17.0. The topological polar surface area (TPSA) is 161 Å². The van der Waals surface area contributed by atoms with Gasteiger partial charge in [0.15, 0.2) is 29.3 Å². The van der Waals surface area contributed by atoms with E-state index in [9.17, 15) is 15.0 Å². The molecular weight excluding hydrogens is 597 g/mol. The number of nitrogens with zero attached hydrogens (tertiary/aromatic N) is 4. The Balaban J connectivity index is 1.43. The molecule has 1 fully saturated rings. The van der Waals surface area contributed by atoms with Crippen LogP contribution in [0.3, 0.4) is 0 Å². The number of halogens is 1. The van der Waals surface area contributed by atoms with Crippen molar-refractivity contribution in [2.75, 3.05) is 19.0 Å². The number of rotatable bonds is 9. The Morgan fingerprint density at radius 1 is 1.04 bits per heavy atom. The maximum Gasteiger partial charge on any atom is 0.410 e. The van der Waals surface area contributed by atoms with Crippen molar-refractivity contribution in [1.82, 2.24) is 19.5 Å². The summed E-state index contributed by atoms with van der Waals surface area (Å²) in [7, 11) is 1.54. The molecule has 13 heteroatoms.